The van der Waals surface area contributed by atoms with Gasteiger partial charge in [-0.05, 0) is 47.6 Å². The van der Waals surface area contributed by atoms with Gasteiger partial charge < -0.3 is 10.1 Å². The van der Waals surface area contributed by atoms with E-state index in [1.54, 1.807) is 11.6 Å². The minimum absolute atomic E-state index is 0.00845. The van der Waals surface area contributed by atoms with Crippen LogP contribution in [0.1, 0.15) is 32.5 Å². The smallest absolute Gasteiger partial charge is 0.222 e. The van der Waals surface area contributed by atoms with Gasteiger partial charge in [0.2, 0.25) is 5.91 Å². The predicted molar refractivity (Wildman–Crippen MR) is 91.0 cm³/mol. The van der Waals surface area contributed by atoms with Crippen molar-refractivity contribution >= 4 is 34.1 Å². The molecule has 22 heavy (non-hydrogen) atoms. The highest BCUT2D eigenvalue weighted by atomic mass is 127. The predicted octanol–water partition coefficient (Wildman–Crippen LogP) is 2.15. The van der Waals surface area contributed by atoms with Crippen LogP contribution in [-0.2, 0) is 10.2 Å². The quantitative estimate of drug-likeness (QED) is 0.602. The van der Waals surface area contributed by atoms with E-state index >= 15 is 0 Å². The molecule has 2 aromatic rings. The highest BCUT2D eigenvalue weighted by Gasteiger charge is 2.48. The molecule has 1 aliphatic rings. The Morgan fingerprint density at radius 2 is 2.23 bits per heavy atom. The van der Waals surface area contributed by atoms with E-state index in [0.29, 0.717) is 12.3 Å². The Morgan fingerprint density at radius 1 is 1.50 bits per heavy atom. The van der Waals surface area contributed by atoms with Gasteiger partial charge in [0.1, 0.15) is 3.70 Å². The summed E-state index contributed by atoms with van der Waals surface area (Å²) in [6, 6.07) is 3.85. The van der Waals surface area contributed by atoms with Crippen molar-refractivity contribution in [2.45, 2.75) is 32.1 Å². The lowest BCUT2D eigenvalue weighted by Crippen LogP contribution is -2.35. The van der Waals surface area contributed by atoms with Gasteiger partial charge in [0.15, 0.2) is 17.2 Å². The van der Waals surface area contributed by atoms with Crippen molar-refractivity contribution in [2.24, 2.45) is 5.92 Å². The number of ether oxygens (including phenoxy) is 1. The van der Waals surface area contributed by atoms with Gasteiger partial charge in [0.25, 0.3) is 0 Å². The van der Waals surface area contributed by atoms with Crippen molar-refractivity contribution < 1.29 is 9.53 Å². The van der Waals surface area contributed by atoms with Gasteiger partial charge >= 0.3 is 0 Å². The molecule has 0 bridgehead atoms. The molecule has 1 aliphatic carbocycles. The molecular weight excluding hydrogens is 395 g/mol. The zero-order valence-corrected chi connectivity index (χ0v) is 15.0. The molecule has 2 aromatic heterocycles. The van der Waals surface area contributed by atoms with Crippen LogP contribution in [0.3, 0.4) is 0 Å². The summed E-state index contributed by atoms with van der Waals surface area (Å²) in [4.78, 5) is 16.5. The number of amides is 1. The van der Waals surface area contributed by atoms with Crippen LogP contribution in [0, 0.1) is 9.62 Å². The highest BCUT2D eigenvalue weighted by molar-refractivity contribution is 14.1. The Hall–Kier alpha value is -1.38. The van der Waals surface area contributed by atoms with E-state index in [1.807, 2.05) is 26.0 Å². The van der Waals surface area contributed by atoms with Gasteiger partial charge in [-0.1, -0.05) is 13.8 Å². The molecule has 1 saturated carbocycles. The minimum atomic E-state index is -0.120. The number of fused-ring (bicyclic) bond motifs is 1. The molecule has 0 spiro atoms. The summed E-state index contributed by atoms with van der Waals surface area (Å²) in [7, 11) is 1.63. The summed E-state index contributed by atoms with van der Waals surface area (Å²) in [5.41, 5.74) is 0.607. The second-order valence-corrected chi connectivity index (χ2v) is 7.15. The number of hydrogen-bond donors (Lipinski definition) is 1. The molecule has 1 amide bonds. The number of rotatable bonds is 5. The number of carbonyl (C=O) groups is 1. The molecule has 0 saturated heterocycles. The molecule has 7 heteroatoms. The second kappa shape index (κ2) is 5.68. The van der Waals surface area contributed by atoms with Crippen molar-refractivity contribution in [1.29, 1.82) is 0 Å². The Bertz CT molecular complexity index is 722. The number of nitrogens with one attached hydrogen (secondary N) is 1. The Balaban J connectivity index is 1.90. The standard InChI is InChI=1S/C15H19IN4O2/c1-9(2)13(21)17-8-15(6-7-15)14-18-12-10(22-3)4-5-11(16)20(12)19-14/h4-5,9H,6-8H2,1-3H3,(H,17,21). The lowest BCUT2D eigenvalue weighted by Gasteiger charge is -2.13. The van der Waals surface area contributed by atoms with Crippen LogP contribution in [0.25, 0.3) is 5.65 Å². The van der Waals surface area contributed by atoms with Crippen LogP contribution in [0.5, 0.6) is 5.75 Å². The molecule has 6 nitrogen and oxygen atoms in total. The largest absolute Gasteiger partial charge is 0.493 e. The van der Waals surface area contributed by atoms with Crippen molar-refractivity contribution in [3.05, 3.63) is 21.7 Å². The third-order valence-corrected chi connectivity index (χ3v) is 4.89. The van der Waals surface area contributed by atoms with E-state index in [9.17, 15) is 4.79 Å². The molecule has 3 rings (SSSR count). The van der Waals surface area contributed by atoms with Gasteiger partial charge in [-0.25, -0.2) is 9.50 Å². The van der Waals surface area contributed by atoms with Crippen molar-refractivity contribution in [3.8, 4) is 5.75 Å². The lowest BCUT2D eigenvalue weighted by molar-refractivity contribution is -0.124. The van der Waals surface area contributed by atoms with Crippen LogP contribution in [0.4, 0.5) is 0 Å². The Kier molecular flexibility index (Phi) is 4.00. The third-order valence-electron chi connectivity index (χ3n) is 4.08. The Morgan fingerprint density at radius 3 is 2.82 bits per heavy atom. The third kappa shape index (κ3) is 2.66. The molecule has 0 aliphatic heterocycles. The summed E-state index contributed by atoms with van der Waals surface area (Å²) in [5.74, 6) is 1.56. The molecule has 1 fully saturated rings. The fraction of sp³-hybridized carbons (Fsp3) is 0.533. The maximum Gasteiger partial charge on any atom is 0.222 e. The van der Waals surface area contributed by atoms with Crippen LogP contribution < -0.4 is 10.1 Å². The minimum Gasteiger partial charge on any atom is -0.493 e. The number of carbonyl (C=O) groups excluding carboxylic acids is 1. The van der Waals surface area contributed by atoms with E-state index in [1.165, 1.54) is 0 Å². The number of aromatic nitrogens is 3. The number of nitrogens with zero attached hydrogens (tertiary/aromatic N) is 3. The molecule has 0 atom stereocenters. The van der Waals surface area contributed by atoms with E-state index in [4.69, 9.17) is 4.74 Å². The molecule has 2 heterocycles. The van der Waals surface area contributed by atoms with E-state index in [2.05, 4.69) is 38.0 Å². The average Bonchev–Trinajstić information content (AvgIpc) is 3.15. The van der Waals surface area contributed by atoms with Crippen LogP contribution >= 0.6 is 22.6 Å². The van der Waals surface area contributed by atoms with Gasteiger partial charge in [0.05, 0.1) is 7.11 Å². The molecular formula is C15H19IN4O2. The van der Waals surface area contributed by atoms with Gasteiger partial charge in [-0.2, -0.15) is 0 Å². The first-order valence-electron chi connectivity index (χ1n) is 7.34. The number of hydrogen-bond acceptors (Lipinski definition) is 4. The van der Waals surface area contributed by atoms with Crippen LogP contribution in [-0.4, -0.2) is 34.2 Å². The maximum absolute atomic E-state index is 11.8. The second-order valence-electron chi connectivity index (χ2n) is 6.05. The fourth-order valence-corrected chi connectivity index (χ4v) is 2.90. The Labute approximate surface area is 142 Å². The molecule has 118 valence electrons. The highest BCUT2D eigenvalue weighted by Crippen LogP contribution is 2.46. The lowest BCUT2D eigenvalue weighted by atomic mass is 10.1. The van der Waals surface area contributed by atoms with E-state index in [-0.39, 0.29) is 17.2 Å². The molecule has 0 aromatic carbocycles. The van der Waals surface area contributed by atoms with Crippen molar-refractivity contribution in [3.63, 3.8) is 0 Å². The van der Waals surface area contributed by atoms with Crippen LogP contribution in [0.15, 0.2) is 12.1 Å². The SMILES string of the molecule is COc1ccc(I)n2nc(C3(CNC(=O)C(C)C)CC3)nc12. The average molecular weight is 414 g/mol. The summed E-state index contributed by atoms with van der Waals surface area (Å²) in [6.45, 7) is 4.39. The first kappa shape index (κ1) is 15.5. The monoisotopic (exact) mass is 414 g/mol. The summed E-state index contributed by atoms with van der Waals surface area (Å²) in [6.07, 6.45) is 2.00. The van der Waals surface area contributed by atoms with E-state index < -0.39 is 0 Å². The molecule has 1 N–H and O–H groups in total. The number of methoxy groups -OCH3 is 1. The van der Waals surface area contributed by atoms with Crippen molar-refractivity contribution in [2.75, 3.05) is 13.7 Å². The van der Waals surface area contributed by atoms with Gasteiger partial charge in [-0.15, -0.1) is 5.10 Å². The maximum atomic E-state index is 11.8. The number of pyridine rings is 1. The molecule has 0 unspecified atom stereocenters. The van der Waals surface area contributed by atoms with Crippen LogP contribution in [0.2, 0.25) is 0 Å². The topological polar surface area (TPSA) is 68.5 Å². The zero-order chi connectivity index (χ0) is 15.9. The van der Waals surface area contributed by atoms with E-state index in [0.717, 1.165) is 28.0 Å². The molecule has 0 radical (unpaired) electrons. The first-order valence-corrected chi connectivity index (χ1v) is 8.42. The van der Waals surface area contributed by atoms with Gasteiger partial charge in [0, 0.05) is 17.9 Å². The number of halogens is 1. The fourth-order valence-electron chi connectivity index (χ4n) is 2.38. The summed E-state index contributed by atoms with van der Waals surface area (Å²) in [5, 5.41) is 7.65. The van der Waals surface area contributed by atoms with Gasteiger partial charge in [-0.3, -0.25) is 4.79 Å². The summed E-state index contributed by atoms with van der Waals surface area (Å²) >= 11 is 2.23. The zero-order valence-electron chi connectivity index (χ0n) is 12.9. The first-order chi connectivity index (χ1) is 10.5. The van der Waals surface area contributed by atoms with Crippen molar-refractivity contribution in [1.82, 2.24) is 19.9 Å². The normalized spacial score (nSPS) is 16.0. The summed E-state index contributed by atoms with van der Waals surface area (Å²) < 4.78 is 8.15.